The second-order valence-electron chi connectivity index (χ2n) is 9.83. The number of fused-ring (bicyclic) bond motifs is 1. The first-order chi connectivity index (χ1) is 18.7. The first-order valence-corrected chi connectivity index (χ1v) is 13.5. The topological polar surface area (TPSA) is 64.8 Å². The van der Waals surface area contributed by atoms with E-state index in [4.69, 9.17) is 18.9 Å². The van der Waals surface area contributed by atoms with E-state index < -0.39 is 0 Å². The van der Waals surface area contributed by atoms with Crippen molar-refractivity contribution in [2.45, 2.75) is 44.7 Å². The van der Waals surface area contributed by atoms with Gasteiger partial charge in [-0.05, 0) is 49.8 Å². The summed E-state index contributed by atoms with van der Waals surface area (Å²) in [4.78, 5) is 19.5. The molecule has 2 aliphatic rings. The molecule has 0 amide bonds. The van der Waals surface area contributed by atoms with Gasteiger partial charge in [0.05, 0.1) is 12.6 Å². The van der Waals surface area contributed by atoms with E-state index in [0.717, 1.165) is 66.4 Å². The minimum atomic E-state index is -0.340. The highest BCUT2D eigenvalue weighted by Crippen LogP contribution is 2.47. The Labute approximate surface area is 223 Å². The van der Waals surface area contributed by atoms with Crippen molar-refractivity contribution in [3.8, 4) is 28.3 Å². The van der Waals surface area contributed by atoms with Crippen LogP contribution in [0.25, 0.3) is 22.6 Å². The van der Waals surface area contributed by atoms with Crippen molar-refractivity contribution in [3.63, 3.8) is 0 Å². The molecule has 0 spiro atoms. The minimum Gasteiger partial charge on any atom is -0.482 e. The van der Waals surface area contributed by atoms with Gasteiger partial charge in [-0.1, -0.05) is 72.8 Å². The third kappa shape index (κ3) is 4.72. The molecule has 194 valence electrons. The predicted octanol–water partition coefficient (Wildman–Crippen LogP) is 6.77. The monoisotopic (exact) mass is 508 g/mol. The van der Waals surface area contributed by atoms with E-state index in [2.05, 4.69) is 35.2 Å². The Morgan fingerprint density at radius 2 is 1.71 bits per heavy atom. The number of esters is 1. The standard InChI is InChI=1S/C32H32N2O4/c1-2-36-29(35)21-37-28-18-10-15-24-25(28)16-9-17-26(24)34-20-19-27(34)32-33-30(22-11-5-3-6-12-22)31(38-32)23-13-7-4-8-14-23/h3-8,10-15,18,26-27H,2,9,16-17,19-21H2,1H3. The maximum Gasteiger partial charge on any atom is 0.344 e. The number of carbonyl (C=O) groups is 1. The maximum atomic E-state index is 11.9. The summed E-state index contributed by atoms with van der Waals surface area (Å²) in [7, 11) is 0. The van der Waals surface area contributed by atoms with Crippen molar-refractivity contribution >= 4 is 5.97 Å². The zero-order chi connectivity index (χ0) is 25.9. The van der Waals surface area contributed by atoms with E-state index in [0.29, 0.717) is 6.61 Å². The molecule has 1 aliphatic heterocycles. The number of oxazole rings is 1. The molecule has 1 aromatic heterocycles. The van der Waals surface area contributed by atoms with Crippen molar-refractivity contribution in [2.24, 2.45) is 0 Å². The fraction of sp³-hybridized carbons (Fsp3) is 0.312. The summed E-state index contributed by atoms with van der Waals surface area (Å²) in [6.45, 7) is 3.08. The number of likely N-dealkylation sites (tertiary alicyclic amines) is 1. The molecule has 1 saturated heterocycles. The molecule has 1 aliphatic carbocycles. The molecule has 0 saturated carbocycles. The molecule has 2 heterocycles. The van der Waals surface area contributed by atoms with Gasteiger partial charge in [0, 0.05) is 23.7 Å². The van der Waals surface area contributed by atoms with Crippen LogP contribution in [0.3, 0.4) is 0 Å². The summed E-state index contributed by atoms with van der Waals surface area (Å²) in [6, 6.07) is 27.1. The van der Waals surface area contributed by atoms with Gasteiger partial charge in [-0.2, -0.15) is 0 Å². The van der Waals surface area contributed by atoms with Crippen molar-refractivity contribution in [1.82, 2.24) is 9.88 Å². The third-order valence-corrected chi connectivity index (χ3v) is 7.56. The molecule has 6 heteroatoms. The van der Waals surface area contributed by atoms with Gasteiger partial charge in [0.1, 0.15) is 11.4 Å². The number of rotatable bonds is 8. The minimum absolute atomic E-state index is 0.0673. The molecule has 4 aromatic rings. The van der Waals surface area contributed by atoms with Crippen LogP contribution in [0.15, 0.2) is 83.3 Å². The van der Waals surface area contributed by atoms with E-state index in [1.54, 1.807) is 6.92 Å². The second kappa shape index (κ2) is 10.8. The molecule has 6 nitrogen and oxygen atoms in total. The van der Waals surface area contributed by atoms with Crippen LogP contribution >= 0.6 is 0 Å². The number of carbonyl (C=O) groups excluding carboxylic acids is 1. The van der Waals surface area contributed by atoms with Gasteiger partial charge in [-0.3, -0.25) is 4.90 Å². The van der Waals surface area contributed by atoms with Gasteiger partial charge in [0.15, 0.2) is 12.4 Å². The molecule has 38 heavy (non-hydrogen) atoms. The highest BCUT2D eigenvalue weighted by Gasteiger charge is 2.41. The molecular formula is C32H32N2O4. The highest BCUT2D eigenvalue weighted by molar-refractivity contribution is 5.76. The van der Waals surface area contributed by atoms with Crippen molar-refractivity contribution < 1.29 is 18.7 Å². The van der Waals surface area contributed by atoms with Gasteiger partial charge >= 0.3 is 5.97 Å². The van der Waals surface area contributed by atoms with Gasteiger partial charge in [-0.15, -0.1) is 0 Å². The summed E-state index contributed by atoms with van der Waals surface area (Å²) in [5.41, 5.74) is 5.44. The third-order valence-electron chi connectivity index (χ3n) is 7.56. The number of hydrogen-bond donors (Lipinski definition) is 0. The molecular weight excluding hydrogens is 476 g/mol. The number of benzene rings is 3. The number of hydrogen-bond acceptors (Lipinski definition) is 6. The summed E-state index contributed by atoms with van der Waals surface area (Å²) < 4.78 is 17.5. The van der Waals surface area contributed by atoms with Crippen molar-refractivity contribution in [1.29, 1.82) is 0 Å². The molecule has 3 aromatic carbocycles. The van der Waals surface area contributed by atoms with E-state index >= 15 is 0 Å². The SMILES string of the molecule is CCOC(=O)COc1cccc2c1CCCC2N1CCC1c1nc(-c2ccccc2)c(-c2ccccc2)o1. The lowest BCUT2D eigenvalue weighted by molar-refractivity contribution is -0.145. The Bertz CT molecular complexity index is 1340. The summed E-state index contributed by atoms with van der Waals surface area (Å²) in [5.74, 6) is 2.03. The normalized spacial score (nSPS) is 18.9. The van der Waals surface area contributed by atoms with Crippen LogP contribution in [0.2, 0.25) is 0 Å². The maximum absolute atomic E-state index is 11.9. The zero-order valence-corrected chi connectivity index (χ0v) is 21.6. The first-order valence-electron chi connectivity index (χ1n) is 13.5. The van der Waals surface area contributed by atoms with Crippen molar-refractivity contribution in [3.05, 3.63) is 95.9 Å². The summed E-state index contributed by atoms with van der Waals surface area (Å²) in [5, 5.41) is 0. The Kier molecular flexibility index (Phi) is 6.97. The summed E-state index contributed by atoms with van der Waals surface area (Å²) >= 11 is 0. The van der Waals surface area contributed by atoms with Gasteiger partial charge in [-0.25, -0.2) is 9.78 Å². The van der Waals surface area contributed by atoms with Gasteiger partial charge in [0.2, 0.25) is 5.89 Å². The molecule has 0 bridgehead atoms. The van der Waals surface area contributed by atoms with Crippen LogP contribution in [-0.4, -0.2) is 35.6 Å². The Morgan fingerprint density at radius 1 is 0.947 bits per heavy atom. The van der Waals surface area contributed by atoms with E-state index in [1.165, 1.54) is 11.1 Å². The van der Waals surface area contributed by atoms with Crippen molar-refractivity contribution in [2.75, 3.05) is 19.8 Å². The lowest BCUT2D eigenvalue weighted by Crippen LogP contribution is -2.44. The van der Waals surface area contributed by atoms with Crippen LogP contribution in [0.4, 0.5) is 0 Å². The number of nitrogens with zero attached hydrogens (tertiary/aromatic N) is 2. The van der Waals surface area contributed by atoms with Gasteiger partial charge < -0.3 is 13.9 Å². The van der Waals surface area contributed by atoms with Crippen LogP contribution in [0, 0.1) is 0 Å². The molecule has 2 atom stereocenters. The molecule has 1 fully saturated rings. The Balaban J connectivity index is 1.29. The Morgan fingerprint density at radius 3 is 2.42 bits per heavy atom. The molecule has 0 radical (unpaired) electrons. The van der Waals surface area contributed by atoms with Gasteiger partial charge in [0.25, 0.3) is 0 Å². The van der Waals surface area contributed by atoms with Crippen LogP contribution in [-0.2, 0) is 16.0 Å². The Hall–Kier alpha value is -3.90. The fourth-order valence-corrected chi connectivity index (χ4v) is 5.71. The fourth-order valence-electron chi connectivity index (χ4n) is 5.71. The second-order valence-corrected chi connectivity index (χ2v) is 9.83. The summed E-state index contributed by atoms with van der Waals surface area (Å²) in [6.07, 6.45) is 4.09. The largest absolute Gasteiger partial charge is 0.482 e. The molecule has 0 N–H and O–H groups in total. The molecule has 2 unspecified atom stereocenters. The van der Waals surface area contributed by atoms with Crippen LogP contribution in [0.5, 0.6) is 5.75 Å². The average molecular weight is 509 g/mol. The first kappa shape index (κ1) is 24.4. The zero-order valence-electron chi connectivity index (χ0n) is 21.6. The van der Waals surface area contributed by atoms with E-state index in [9.17, 15) is 4.79 Å². The van der Waals surface area contributed by atoms with E-state index in [-0.39, 0.29) is 24.7 Å². The van der Waals surface area contributed by atoms with Crippen LogP contribution < -0.4 is 4.74 Å². The highest BCUT2D eigenvalue weighted by atomic mass is 16.6. The smallest absolute Gasteiger partial charge is 0.344 e. The number of ether oxygens (including phenoxy) is 2. The van der Waals surface area contributed by atoms with Crippen LogP contribution in [0.1, 0.15) is 55.3 Å². The lowest BCUT2D eigenvalue weighted by atomic mass is 9.83. The quantitative estimate of drug-likeness (QED) is 0.245. The lowest BCUT2D eigenvalue weighted by Gasteiger charge is -2.46. The average Bonchev–Trinajstić information content (AvgIpc) is 3.37. The molecule has 6 rings (SSSR count). The van der Waals surface area contributed by atoms with E-state index in [1.807, 2.05) is 48.5 Å². The number of aromatic nitrogens is 1. The predicted molar refractivity (Wildman–Crippen MR) is 146 cm³/mol.